The first-order chi connectivity index (χ1) is 6.68. The predicted molar refractivity (Wildman–Crippen MR) is 54.2 cm³/mol. The molecule has 14 heavy (non-hydrogen) atoms. The van der Waals surface area contributed by atoms with Crippen LogP contribution >= 0.6 is 0 Å². The van der Waals surface area contributed by atoms with Gasteiger partial charge in [0.05, 0.1) is 0 Å². The molecule has 0 amide bonds. The average Bonchev–Trinajstić information content (AvgIpc) is 2.18. The van der Waals surface area contributed by atoms with Crippen molar-refractivity contribution in [2.24, 2.45) is 0 Å². The number of H-pyrrole nitrogens is 1. The van der Waals surface area contributed by atoms with Gasteiger partial charge in [-0.25, -0.2) is 9.97 Å². The zero-order valence-electron chi connectivity index (χ0n) is 8.11. The van der Waals surface area contributed by atoms with E-state index in [4.69, 9.17) is 0 Å². The van der Waals surface area contributed by atoms with E-state index in [1.54, 1.807) is 18.5 Å². The van der Waals surface area contributed by atoms with E-state index < -0.39 is 0 Å². The van der Waals surface area contributed by atoms with Crippen molar-refractivity contribution >= 4 is 10.9 Å². The maximum absolute atomic E-state index is 11.4. The lowest BCUT2D eigenvalue weighted by Gasteiger charge is -2.03. The van der Waals surface area contributed by atoms with Gasteiger partial charge in [0.2, 0.25) is 0 Å². The van der Waals surface area contributed by atoms with Crippen molar-refractivity contribution < 1.29 is 0 Å². The van der Waals surface area contributed by atoms with Crippen molar-refractivity contribution in [2.45, 2.75) is 19.8 Å². The molecule has 2 heterocycles. The van der Waals surface area contributed by atoms with E-state index in [1.807, 2.05) is 13.8 Å². The van der Waals surface area contributed by atoms with Crippen LogP contribution in [0.15, 0.2) is 23.3 Å². The Morgan fingerprint density at radius 3 is 2.93 bits per heavy atom. The minimum absolute atomic E-state index is 0.160. The van der Waals surface area contributed by atoms with Crippen molar-refractivity contribution in [2.75, 3.05) is 0 Å². The van der Waals surface area contributed by atoms with Crippen LogP contribution in [0, 0.1) is 0 Å². The molecule has 72 valence electrons. The van der Waals surface area contributed by atoms with Crippen molar-refractivity contribution in [3.63, 3.8) is 0 Å². The van der Waals surface area contributed by atoms with E-state index in [0.717, 1.165) is 5.39 Å². The molecule has 0 aromatic carbocycles. The minimum atomic E-state index is -0.160. The van der Waals surface area contributed by atoms with Crippen LogP contribution in [0.2, 0.25) is 0 Å². The molecule has 0 aliphatic rings. The number of nitrogens with zero attached hydrogens (tertiary/aromatic N) is 2. The van der Waals surface area contributed by atoms with Crippen LogP contribution in [0.25, 0.3) is 10.9 Å². The molecule has 0 saturated carbocycles. The lowest BCUT2D eigenvalue weighted by Crippen LogP contribution is -2.09. The lowest BCUT2D eigenvalue weighted by atomic mass is 10.2. The highest BCUT2D eigenvalue weighted by atomic mass is 16.1. The van der Waals surface area contributed by atoms with Crippen LogP contribution in [0.5, 0.6) is 0 Å². The van der Waals surface area contributed by atoms with Gasteiger partial charge in [-0.15, -0.1) is 0 Å². The number of fused-ring (bicyclic) bond motifs is 1. The molecule has 0 bridgehead atoms. The Bertz CT molecular complexity index is 516. The summed E-state index contributed by atoms with van der Waals surface area (Å²) in [4.78, 5) is 22.4. The summed E-state index contributed by atoms with van der Waals surface area (Å²) < 4.78 is 0. The molecule has 0 atom stereocenters. The quantitative estimate of drug-likeness (QED) is 0.738. The van der Waals surface area contributed by atoms with E-state index in [0.29, 0.717) is 11.3 Å². The van der Waals surface area contributed by atoms with Gasteiger partial charge in [0, 0.05) is 23.7 Å². The molecular formula is C10H11N3O. The summed E-state index contributed by atoms with van der Waals surface area (Å²) in [6.45, 7) is 4.00. The molecule has 4 heteroatoms. The summed E-state index contributed by atoms with van der Waals surface area (Å²) >= 11 is 0. The van der Waals surface area contributed by atoms with Gasteiger partial charge in [-0.2, -0.15) is 0 Å². The summed E-state index contributed by atoms with van der Waals surface area (Å²) in [7, 11) is 0. The van der Waals surface area contributed by atoms with Crippen LogP contribution in [-0.4, -0.2) is 15.0 Å². The molecule has 4 nitrogen and oxygen atoms in total. The second-order valence-corrected chi connectivity index (χ2v) is 3.49. The van der Waals surface area contributed by atoms with Crippen LogP contribution in [-0.2, 0) is 0 Å². The Kier molecular flexibility index (Phi) is 2.04. The highest BCUT2D eigenvalue weighted by Gasteiger charge is 2.05. The fourth-order valence-corrected chi connectivity index (χ4v) is 1.26. The SMILES string of the molecule is CC(C)c1ncc2cc[nH]c(=O)c2n1. The maximum Gasteiger partial charge on any atom is 0.274 e. The molecule has 1 N–H and O–H groups in total. The number of aromatic nitrogens is 3. The molecule has 0 radical (unpaired) electrons. The van der Waals surface area contributed by atoms with E-state index in [1.165, 1.54) is 0 Å². The third-order valence-corrected chi connectivity index (χ3v) is 2.04. The van der Waals surface area contributed by atoms with Gasteiger partial charge in [0.1, 0.15) is 11.3 Å². The van der Waals surface area contributed by atoms with Crippen molar-refractivity contribution in [3.05, 3.63) is 34.6 Å². The van der Waals surface area contributed by atoms with Crippen LogP contribution in [0.1, 0.15) is 25.6 Å². The third-order valence-electron chi connectivity index (χ3n) is 2.04. The summed E-state index contributed by atoms with van der Waals surface area (Å²) in [5.41, 5.74) is 0.304. The Balaban J connectivity index is 2.76. The molecule has 2 aromatic heterocycles. The van der Waals surface area contributed by atoms with Gasteiger partial charge < -0.3 is 4.98 Å². The first kappa shape index (κ1) is 8.87. The Hall–Kier alpha value is -1.71. The average molecular weight is 189 g/mol. The second kappa shape index (κ2) is 3.21. The van der Waals surface area contributed by atoms with Crippen LogP contribution in [0.3, 0.4) is 0 Å². The van der Waals surface area contributed by atoms with Crippen LogP contribution in [0.4, 0.5) is 0 Å². The number of hydrogen-bond acceptors (Lipinski definition) is 3. The summed E-state index contributed by atoms with van der Waals surface area (Å²) in [5.74, 6) is 0.938. The fourth-order valence-electron chi connectivity index (χ4n) is 1.26. The molecular weight excluding hydrogens is 178 g/mol. The number of hydrogen-bond donors (Lipinski definition) is 1. The molecule has 2 aromatic rings. The van der Waals surface area contributed by atoms with Crippen molar-refractivity contribution in [1.29, 1.82) is 0 Å². The Morgan fingerprint density at radius 2 is 2.21 bits per heavy atom. The van der Waals surface area contributed by atoms with Crippen molar-refractivity contribution in [1.82, 2.24) is 15.0 Å². The van der Waals surface area contributed by atoms with Crippen LogP contribution < -0.4 is 5.56 Å². The molecule has 0 aliphatic carbocycles. The number of nitrogens with one attached hydrogen (secondary N) is 1. The highest BCUT2D eigenvalue weighted by molar-refractivity contribution is 5.75. The zero-order chi connectivity index (χ0) is 10.1. The Labute approximate surface area is 81.0 Å². The first-order valence-corrected chi connectivity index (χ1v) is 4.53. The predicted octanol–water partition coefficient (Wildman–Crippen LogP) is 1.44. The number of pyridine rings is 1. The smallest absolute Gasteiger partial charge is 0.274 e. The largest absolute Gasteiger partial charge is 0.327 e. The van der Waals surface area contributed by atoms with Gasteiger partial charge in [0.15, 0.2) is 0 Å². The van der Waals surface area contributed by atoms with E-state index in [2.05, 4.69) is 15.0 Å². The van der Waals surface area contributed by atoms with E-state index in [9.17, 15) is 4.79 Å². The number of rotatable bonds is 1. The van der Waals surface area contributed by atoms with Gasteiger partial charge in [-0.3, -0.25) is 4.79 Å². The van der Waals surface area contributed by atoms with Gasteiger partial charge in [-0.1, -0.05) is 13.8 Å². The molecule has 0 saturated heterocycles. The summed E-state index contributed by atoms with van der Waals surface area (Å²) in [6.07, 6.45) is 3.29. The van der Waals surface area contributed by atoms with Crippen molar-refractivity contribution in [3.8, 4) is 0 Å². The third kappa shape index (κ3) is 1.39. The lowest BCUT2D eigenvalue weighted by molar-refractivity contribution is 0.782. The minimum Gasteiger partial charge on any atom is -0.327 e. The van der Waals surface area contributed by atoms with Gasteiger partial charge in [-0.05, 0) is 6.07 Å². The molecule has 0 spiro atoms. The molecule has 2 rings (SSSR count). The second-order valence-electron chi connectivity index (χ2n) is 3.49. The normalized spacial score (nSPS) is 11.1. The van der Waals surface area contributed by atoms with Gasteiger partial charge >= 0.3 is 0 Å². The monoisotopic (exact) mass is 189 g/mol. The maximum atomic E-state index is 11.4. The van der Waals surface area contributed by atoms with E-state index in [-0.39, 0.29) is 11.5 Å². The Morgan fingerprint density at radius 1 is 1.43 bits per heavy atom. The van der Waals surface area contributed by atoms with Gasteiger partial charge in [0.25, 0.3) is 5.56 Å². The summed E-state index contributed by atoms with van der Waals surface area (Å²) in [5, 5.41) is 0.776. The highest BCUT2D eigenvalue weighted by Crippen LogP contribution is 2.11. The standard InChI is InChI=1S/C10H11N3O/c1-6(2)9-12-5-7-3-4-11-10(14)8(7)13-9/h3-6H,1-2H3,(H,11,14). The molecule has 0 aliphatic heterocycles. The molecule has 0 unspecified atom stereocenters. The fraction of sp³-hybridized carbons (Fsp3) is 0.300. The van der Waals surface area contributed by atoms with E-state index >= 15 is 0 Å². The number of aromatic amines is 1. The molecule has 0 fully saturated rings. The zero-order valence-corrected chi connectivity index (χ0v) is 8.11. The summed E-state index contributed by atoms with van der Waals surface area (Å²) in [6, 6.07) is 1.79. The topological polar surface area (TPSA) is 58.6 Å². The first-order valence-electron chi connectivity index (χ1n) is 4.53.